The Balaban J connectivity index is 1.83. The van der Waals surface area contributed by atoms with Crippen LogP contribution in [0, 0.1) is 0 Å². The van der Waals surface area contributed by atoms with Crippen LogP contribution in [-0.2, 0) is 7.05 Å². The molecule has 122 valence electrons. The lowest BCUT2D eigenvalue weighted by Gasteiger charge is -2.19. The number of pyridine rings is 1. The molecule has 2 heterocycles. The monoisotopic (exact) mass is 341 g/mol. The van der Waals surface area contributed by atoms with Crippen molar-refractivity contribution in [3.05, 3.63) is 77.2 Å². The fourth-order valence-corrected chi connectivity index (χ4v) is 2.52. The fraction of sp³-hybridized carbons (Fsp3) is 0.118. The summed E-state index contributed by atoms with van der Waals surface area (Å²) in [6.07, 6.45) is 3.44. The van der Waals surface area contributed by atoms with Crippen LogP contribution < -0.4 is 10.6 Å². The van der Waals surface area contributed by atoms with Gasteiger partial charge in [0.25, 0.3) is 0 Å². The van der Waals surface area contributed by atoms with E-state index < -0.39 is 6.04 Å². The number of urea groups is 1. The molecule has 6 nitrogen and oxygen atoms in total. The van der Waals surface area contributed by atoms with Gasteiger partial charge < -0.3 is 5.32 Å². The summed E-state index contributed by atoms with van der Waals surface area (Å²) in [5, 5.41) is 10.3. The average Bonchev–Trinajstić information content (AvgIpc) is 2.98. The molecule has 2 N–H and O–H groups in total. The van der Waals surface area contributed by atoms with Gasteiger partial charge in [0, 0.05) is 30.5 Å². The lowest BCUT2D eigenvalue weighted by atomic mass is 10.0. The summed E-state index contributed by atoms with van der Waals surface area (Å²) < 4.78 is 1.61. The van der Waals surface area contributed by atoms with Gasteiger partial charge in [0.15, 0.2) is 5.82 Å². The molecule has 0 fully saturated rings. The first-order chi connectivity index (χ1) is 11.6. The number of halogens is 1. The molecule has 0 bridgehead atoms. The second-order valence-electron chi connectivity index (χ2n) is 5.22. The number of anilines is 1. The molecule has 2 amide bonds. The third kappa shape index (κ3) is 3.91. The number of amides is 2. The molecule has 1 atom stereocenters. The van der Waals surface area contributed by atoms with Gasteiger partial charge in [0.2, 0.25) is 0 Å². The number of rotatable bonds is 4. The van der Waals surface area contributed by atoms with Gasteiger partial charge in [-0.3, -0.25) is 15.0 Å². The smallest absolute Gasteiger partial charge is 0.321 e. The van der Waals surface area contributed by atoms with Gasteiger partial charge in [-0.1, -0.05) is 29.8 Å². The molecule has 0 saturated carbocycles. The number of aryl methyl sites for hydroxylation is 1. The lowest BCUT2D eigenvalue weighted by Crippen LogP contribution is -2.33. The van der Waals surface area contributed by atoms with Gasteiger partial charge >= 0.3 is 6.03 Å². The Kier molecular flexibility index (Phi) is 4.77. The van der Waals surface area contributed by atoms with E-state index in [4.69, 9.17) is 11.6 Å². The highest BCUT2D eigenvalue weighted by Gasteiger charge is 2.18. The first kappa shape index (κ1) is 16.0. The van der Waals surface area contributed by atoms with Crippen LogP contribution >= 0.6 is 11.6 Å². The molecule has 0 aliphatic rings. The van der Waals surface area contributed by atoms with Crippen LogP contribution in [0.3, 0.4) is 0 Å². The number of carbonyl (C=O) groups excluding carboxylic acids is 1. The van der Waals surface area contributed by atoms with Crippen molar-refractivity contribution in [2.75, 3.05) is 5.32 Å². The zero-order chi connectivity index (χ0) is 16.9. The zero-order valence-corrected chi connectivity index (χ0v) is 13.7. The molecule has 3 rings (SSSR count). The van der Waals surface area contributed by atoms with Gasteiger partial charge in [-0.25, -0.2) is 4.79 Å². The molecule has 0 spiro atoms. The van der Waals surface area contributed by atoms with Crippen molar-refractivity contribution in [2.45, 2.75) is 6.04 Å². The highest BCUT2D eigenvalue weighted by Crippen LogP contribution is 2.23. The summed E-state index contributed by atoms with van der Waals surface area (Å²) in [6.45, 7) is 0. The third-order valence-corrected chi connectivity index (χ3v) is 3.63. The minimum absolute atomic E-state index is 0.371. The average molecular weight is 342 g/mol. The molecule has 0 radical (unpaired) electrons. The normalized spacial score (nSPS) is 11.8. The number of benzene rings is 1. The molecular formula is C17H16ClN5O. The summed E-state index contributed by atoms with van der Waals surface area (Å²) in [5.41, 5.74) is 1.56. The van der Waals surface area contributed by atoms with Crippen LogP contribution in [0.1, 0.15) is 17.3 Å². The van der Waals surface area contributed by atoms with Crippen molar-refractivity contribution in [3.8, 4) is 0 Å². The second kappa shape index (κ2) is 7.14. The van der Waals surface area contributed by atoms with E-state index in [1.165, 1.54) is 0 Å². The van der Waals surface area contributed by atoms with E-state index in [0.717, 1.165) is 11.3 Å². The van der Waals surface area contributed by atoms with E-state index in [9.17, 15) is 4.79 Å². The highest BCUT2D eigenvalue weighted by atomic mass is 35.5. The van der Waals surface area contributed by atoms with Crippen LogP contribution in [0.4, 0.5) is 10.6 Å². The molecule has 0 aliphatic heterocycles. The molecule has 0 saturated heterocycles. The molecule has 1 aromatic carbocycles. The van der Waals surface area contributed by atoms with E-state index in [1.54, 1.807) is 36.3 Å². The molecule has 24 heavy (non-hydrogen) atoms. The summed E-state index contributed by atoms with van der Waals surface area (Å²) in [4.78, 5) is 16.7. The Hall–Kier alpha value is -2.86. The Morgan fingerprint density at radius 1 is 1.21 bits per heavy atom. The number of nitrogens with zero attached hydrogens (tertiary/aromatic N) is 3. The summed E-state index contributed by atoms with van der Waals surface area (Å²) >= 11 is 6.08. The van der Waals surface area contributed by atoms with Crippen molar-refractivity contribution in [3.63, 3.8) is 0 Å². The van der Waals surface area contributed by atoms with Gasteiger partial charge in [0.05, 0.1) is 11.7 Å². The van der Waals surface area contributed by atoms with E-state index in [1.807, 2.05) is 36.4 Å². The van der Waals surface area contributed by atoms with E-state index in [0.29, 0.717) is 10.8 Å². The van der Waals surface area contributed by atoms with Gasteiger partial charge in [-0.15, -0.1) is 0 Å². The minimum atomic E-state index is -0.423. The van der Waals surface area contributed by atoms with E-state index in [-0.39, 0.29) is 6.03 Å². The predicted octanol–water partition coefficient (Wildman–Crippen LogP) is 3.38. The number of hydrogen-bond donors (Lipinski definition) is 2. The van der Waals surface area contributed by atoms with Crippen LogP contribution in [-0.4, -0.2) is 20.8 Å². The van der Waals surface area contributed by atoms with E-state index in [2.05, 4.69) is 20.7 Å². The Labute approximate surface area is 144 Å². The molecule has 0 aliphatic carbocycles. The first-order valence-corrected chi connectivity index (χ1v) is 7.73. The Morgan fingerprint density at radius 2 is 2.08 bits per heavy atom. The molecule has 1 unspecified atom stereocenters. The quantitative estimate of drug-likeness (QED) is 0.764. The topological polar surface area (TPSA) is 71.8 Å². The van der Waals surface area contributed by atoms with Crippen molar-refractivity contribution >= 4 is 23.4 Å². The van der Waals surface area contributed by atoms with Crippen LogP contribution in [0.25, 0.3) is 0 Å². The van der Waals surface area contributed by atoms with Crippen molar-refractivity contribution in [1.29, 1.82) is 0 Å². The highest BCUT2D eigenvalue weighted by molar-refractivity contribution is 6.30. The summed E-state index contributed by atoms with van der Waals surface area (Å²) in [5.74, 6) is 0.473. The number of aromatic nitrogens is 3. The van der Waals surface area contributed by atoms with Crippen LogP contribution in [0.5, 0.6) is 0 Å². The van der Waals surface area contributed by atoms with E-state index >= 15 is 0 Å². The second-order valence-corrected chi connectivity index (χ2v) is 5.65. The van der Waals surface area contributed by atoms with Crippen LogP contribution in [0.2, 0.25) is 5.02 Å². The van der Waals surface area contributed by atoms with Gasteiger partial charge in [-0.2, -0.15) is 5.10 Å². The predicted molar refractivity (Wildman–Crippen MR) is 92.9 cm³/mol. The van der Waals surface area contributed by atoms with Gasteiger partial charge in [-0.05, 0) is 29.8 Å². The van der Waals surface area contributed by atoms with Crippen molar-refractivity contribution < 1.29 is 4.79 Å². The van der Waals surface area contributed by atoms with Crippen molar-refractivity contribution in [1.82, 2.24) is 20.1 Å². The minimum Gasteiger partial charge on any atom is -0.325 e. The third-order valence-electron chi connectivity index (χ3n) is 3.40. The number of carbonyl (C=O) groups is 1. The first-order valence-electron chi connectivity index (χ1n) is 7.35. The SMILES string of the molecule is Cn1ccc(NC(=O)NC(c2cccc(Cl)c2)c2ccccn2)n1. The standard InChI is InChI=1S/C17H16ClN5O/c1-23-10-8-15(22-23)20-17(24)21-16(14-7-2-3-9-19-14)12-5-4-6-13(18)11-12/h2-11,16H,1H3,(H2,20,21,22,24). The molecule has 2 aromatic heterocycles. The maximum Gasteiger partial charge on any atom is 0.321 e. The van der Waals surface area contributed by atoms with Gasteiger partial charge in [0.1, 0.15) is 0 Å². The fourth-order valence-electron chi connectivity index (χ4n) is 2.33. The molecule has 3 aromatic rings. The summed E-state index contributed by atoms with van der Waals surface area (Å²) in [6, 6.07) is 13.8. The summed E-state index contributed by atoms with van der Waals surface area (Å²) in [7, 11) is 1.78. The van der Waals surface area contributed by atoms with Crippen molar-refractivity contribution in [2.24, 2.45) is 7.05 Å². The zero-order valence-electron chi connectivity index (χ0n) is 13.0. The maximum atomic E-state index is 12.3. The molecule has 7 heteroatoms. The number of hydrogen-bond acceptors (Lipinski definition) is 3. The molecular weight excluding hydrogens is 326 g/mol. The largest absolute Gasteiger partial charge is 0.325 e. The Morgan fingerprint density at radius 3 is 2.75 bits per heavy atom. The maximum absolute atomic E-state index is 12.3. The van der Waals surface area contributed by atoms with Crippen LogP contribution in [0.15, 0.2) is 60.9 Å². The number of nitrogens with one attached hydrogen (secondary N) is 2. The lowest BCUT2D eigenvalue weighted by molar-refractivity contribution is 0.250. The Bertz CT molecular complexity index is 834.